The lowest BCUT2D eigenvalue weighted by molar-refractivity contribution is -0.151. The highest BCUT2D eigenvalue weighted by atomic mass is 16.5. The van der Waals surface area contributed by atoms with Crippen LogP contribution in [0.1, 0.15) is 21.5 Å². The molecule has 8 heteroatoms. The normalized spacial score (nSPS) is 12.3. The van der Waals surface area contributed by atoms with E-state index in [0.29, 0.717) is 36.6 Å². The van der Waals surface area contributed by atoms with E-state index in [0.717, 1.165) is 22.3 Å². The summed E-state index contributed by atoms with van der Waals surface area (Å²) < 4.78 is 15.8. The van der Waals surface area contributed by atoms with Crippen molar-refractivity contribution in [2.24, 2.45) is 0 Å². The third-order valence-corrected chi connectivity index (χ3v) is 6.07. The largest absolute Gasteiger partial charge is 0.493 e. The van der Waals surface area contributed by atoms with Crippen LogP contribution in [0.2, 0.25) is 0 Å². The maximum absolute atomic E-state index is 12.6. The first-order chi connectivity index (χ1) is 17.5. The summed E-state index contributed by atoms with van der Waals surface area (Å²) in [6, 6.07) is 20.7. The molecule has 36 heavy (non-hydrogen) atoms. The number of hydrogen-bond acceptors (Lipinski definition) is 6. The van der Waals surface area contributed by atoms with E-state index in [1.807, 2.05) is 54.6 Å². The van der Waals surface area contributed by atoms with Gasteiger partial charge in [-0.05, 0) is 52.9 Å². The minimum atomic E-state index is -0.679. The van der Waals surface area contributed by atoms with Gasteiger partial charge in [0.1, 0.15) is 6.54 Å². The lowest BCUT2D eigenvalue weighted by atomic mass is 9.99. The third kappa shape index (κ3) is 5.83. The summed E-state index contributed by atoms with van der Waals surface area (Å²) in [4.78, 5) is 38.7. The molecule has 0 aromatic heterocycles. The van der Waals surface area contributed by atoms with Gasteiger partial charge in [0.2, 0.25) is 0 Å². The molecular formula is C28H28N2O6. The fourth-order valence-electron chi connectivity index (χ4n) is 4.08. The van der Waals surface area contributed by atoms with Crippen molar-refractivity contribution in [2.45, 2.75) is 13.0 Å². The van der Waals surface area contributed by atoms with Crippen LogP contribution < -0.4 is 14.8 Å². The van der Waals surface area contributed by atoms with Gasteiger partial charge in [-0.1, -0.05) is 42.5 Å². The molecular weight excluding hydrogens is 460 g/mol. The molecule has 0 spiro atoms. The predicted octanol–water partition coefficient (Wildman–Crippen LogP) is 3.23. The Balaban J connectivity index is 1.24. The van der Waals surface area contributed by atoms with Crippen molar-refractivity contribution in [2.75, 3.05) is 33.9 Å². The highest BCUT2D eigenvalue weighted by Gasteiger charge is 2.23. The van der Waals surface area contributed by atoms with Crippen molar-refractivity contribution < 1.29 is 28.6 Å². The van der Waals surface area contributed by atoms with Crippen LogP contribution in [0.25, 0.3) is 11.1 Å². The Morgan fingerprint density at radius 2 is 1.50 bits per heavy atom. The van der Waals surface area contributed by atoms with E-state index >= 15 is 0 Å². The number of amides is 2. The lowest BCUT2D eigenvalue weighted by Gasteiger charge is -2.29. The molecule has 1 aliphatic heterocycles. The van der Waals surface area contributed by atoms with Gasteiger partial charge in [0.15, 0.2) is 18.1 Å². The van der Waals surface area contributed by atoms with E-state index in [4.69, 9.17) is 14.2 Å². The molecule has 186 valence electrons. The van der Waals surface area contributed by atoms with Crippen LogP contribution in [0.4, 0.5) is 0 Å². The Labute approximate surface area is 209 Å². The van der Waals surface area contributed by atoms with Gasteiger partial charge in [-0.25, -0.2) is 0 Å². The molecule has 0 fully saturated rings. The Kier molecular flexibility index (Phi) is 7.85. The Morgan fingerprint density at radius 3 is 2.17 bits per heavy atom. The average Bonchev–Trinajstić information content (AvgIpc) is 2.93. The van der Waals surface area contributed by atoms with Crippen LogP contribution >= 0.6 is 0 Å². The van der Waals surface area contributed by atoms with Gasteiger partial charge in [-0.3, -0.25) is 14.4 Å². The molecule has 1 heterocycles. The Bertz CT molecular complexity index is 1240. The lowest BCUT2D eigenvalue weighted by Crippen LogP contribution is -2.39. The van der Waals surface area contributed by atoms with Crippen molar-refractivity contribution in [3.05, 3.63) is 83.4 Å². The van der Waals surface area contributed by atoms with E-state index < -0.39 is 11.9 Å². The number of benzene rings is 3. The van der Waals surface area contributed by atoms with Crippen molar-refractivity contribution in [3.63, 3.8) is 0 Å². The first-order valence-corrected chi connectivity index (χ1v) is 11.6. The summed E-state index contributed by atoms with van der Waals surface area (Å²) in [5.41, 5.74) is 4.52. The van der Waals surface area contributed by atoms with E-state index in [1.165, 1.54) is 0 Å². The highest BCUT2D eigenvalue weighted by molar-refractivity contribution is 5.96. The fourth-order valence-corrected chi connectivity index (χ4v) is 4.08. The number of ether oxygens (including phenoxy) is 3. The first-order valence-electron chi connectivity index (χ1n) is 11.6. The van der Waals surface area contributed by atoms with Gasteiger partial charge in [-0.2, -0.15) is 0 Å². The zero-order valence-electron chi connectivity index (χ0n) is 20.3. The van der Waals surface area contributed by atoms with Gasteiger partial charge in [0.25, 0.3) is 11.8 Å². The van der Waals surface area contributed by atoms with Crippen molar-refractivity contribution in [1.29, 1.82) is 0 Å². The van der Waals surface area contributed by atoms with Crippen molar-refractivity contribution in [1.82, 2.24) is 10.2 Å². The smallest absolute Gasteiger partial charge is 0.325 e. The number of rotatable bonds is 8. The molecule has 2 amide bonds. The van der Waals surface area contributed by atoms with Crippen LogP contribution in [-0.2, 0) is 27.3 Å². The summed E-state index contributed by atoms with van der Waals surface area (Å²) >= 11 is 0. The molecule has 0 atom stereocenters. The quantitative estimate of drug-likeness (QED) is 0.490. The first kappa shape index (κ1) is 24.8. The predicted molar refractivity (Wildman–Crippen MR) is 134 cm³/mol. The SMILES string of the molecule is COc1cc2c(cc1OC)CN(C(=O)COC(=O)CNC(=O)c1ccc(-c3ccccc3)cc1)CC2. The molecule has 3 aromatic carbocycles. The van der Waals surface area contributed by atoms with Gasteiger partial charge in [-0.15, -0.1) is 0 Å². The molecule has 0 unspecified atom stereocenters. The molecule has 0 saturated heterocycles. The van der Waals surface area contributed by atoms with E-state index in [2.05, 4.69) is 5.32 Å². The van der Waals surface area contributed by atoms with E-state index in [9.17, 15) is 14.4 Å². The number of nitrogens with one attached hydrogen (secondary N) is 1. The van der Waals surface area contributed by atoms with Gasteiger partial charge >= 0.3 is 5.97 Å². The van der Waals surface area contributed by atoms with Crippen LogP contribution in [-0.4, -0.2) is 56.6 Å². The van der Waals surface area contributed by atoms with Gasteiger partial charge in [0, 0.05) is 18.7 Å². The highest BCUT2D eigenvalue weighted by Crippen LogP contribution is 2.33. The summed E-state index contributed by atoms with van der Waals surface area (Å²) in [6.45, 7) is 0.186. The molecule has 1 N–H and O–H groups in total. The zero-order chi connectivity index (χ0) is 25.5. The van der Waals surface area contributed by atoms with Gasteiger partial charge in [0.05, 0.1) is 14.2 Å². The molecule has 3 aromatic rings. The van der Waals surface area contributed by atoms with Crippen LogP contribution in [0.15, 0.2) is 66.7 Å². The maximum atomic E-state index is 12.6. The van der Waals surface area contributed by atoms with Crippen molar-refractivity contribution in [3.8, 4) is 22.6 Å². The summed E-state index contributed by atoms with van der Waals surface area (Å²) in [5.74, 6) is -0.121. The van der Waals surface area contributed by atoms with Crippen LogP contribution in [0.5, 0.6) is 11.5 Å². The molecule has 0 aliphatic carbocycles. The van der Waals surface area contributed by atoms with Gasteiger partial charge < -0.3 is 24.4 Å². The molecule has 0 bridgehead atoms. The molecule has 8 nitrogen and oxygen atoms in total. The number of hydrogen-bond donors (Lipinski definition) is 1. The maximum Gasteiger partial charge on any atom is 0.325 e. The Morgan fingerprint density at radius 1 is 0.861 bits per heavy atom. The van der Waals surface area contributed by atoms with Crippen molar-refractivity contribution >= 4 is 17.8 Å². The van der Waals surface area contributed by atoms with Crippen LogP contribution in [0.3, 0.4) is 0 Å². The molecule has 4 rings (SSSR count). The summed E-state index contributed by atoms with van der Waals surface area (Å²) in [6.07, 6.45) is 0.661. The van der Waals surface area contributed by atoms with E-state index in [-0.39, 0.29) is 19.1 Å². The minimum Gasteiger partial charge on any atom is -0.493 e. The minimum absolute atomic E-state index is 0.299. The monoisotopic (exact) mass is 488 g/mol. The second-order valence-electron chi connectivity index (χ2n) is 8.33. The van der Waals surface area contributed by atoms with Crippen LogP contribution in [0, 0.1) is 0 Å². The molecule has 1 aliphatic rings. The van der Waals surface area contributed by atoms with E-state index in [1.54, 1.807) is 31.3 Å². The topological polar surface area (TPSA) is 94.2 Å². The summed E-state index contributed by atoms with van der Waals surface area (Å²) in [7, 11) is 3.15. The number of fused-ring (bicyclic) bond motifs is 1. The number of nitrogens with zero attached hydrogens (tertiary/aromatic N) is 1. The standard InChI is InChI=1S/C28H28N2O6/c1-34-24-14-22-12-13-30(17-23(22)15-25(24)35-2)26(31)18-36-27(32)16-29-28(33)21-10-8-20(9-11-21)19-6-4-3-5-7-19/h3-11,14-15H,12-13,16-18H2,1-2H3,(H,29,33). The zero-order valence-corrected chi connectivity index (χ0v) is 20.3. The molecule has 0 saturated carbocycles. The Hall–Kier alpha value is -4.33. The number of carbonyl (C=O) groups excluding carboxylic acids is 3. The average molecular weight is 489 g/mol. The fraction of sp³-hybridized carbons (Fsp3) is 0.250. The third-order valence-electron chi connectivity index (χ3n) is 6.07. The second-order valence-corrected chi connectivity index (χ2v) is 8.33. The number of carbonyl (C=O) groups is 3. The second kappa shape index (κ2) is 11.4. The number of esters is 1. The molecule has 0 radical (unpaired) electrons. The summed E-state index contributed by atoms with van der Waals surface area (Å²) in [5, 5.41) is 2.53. The number of methoxy groups -OCH3 is 2.